The number of ether oxygens (including phenoxy) is 2. The van der Waals surface area contributed by atoms with E-state index < -0.39 is 17.5 Å². The quantitative estimate of drug-likeness (QED) is 0.504. The molecule has 1 N–H and O–H groups in total. The average molecular weight is 182 g/mol. The molecule has 0 spiro atoms. The van der Waals surface area contributed by atoms with Gasteiger partial charge in [-0.05, 0) is 19.9 Å². The zero-order valence-corrected chi connectivity index (χ0v) is 7.91. The second-order valence-corrected chi connectivity index (χ2v) is 3.49. The van der Waals surface area contributed by atoms with E-state index in [0.29, 0.717) is 0 Å². The highest BCUT2D eigenvalue weighted by Crippen LogP contribution is 2.29. The summed E-state index contributed by atoms with van der Waals surface area (Å²) in [6.07, 6.45) is 5.94. The van der Waals surface area contributed by atoms with Crippen molar-refractivity contribution in [3.63, 3.8) is 0 Å². The molecule has 0 aromatic rings. The van der Waals surface area contributed by atoms with E-state index in [1.807, 2.05) is 0 Å². The van der Waals surface area contributed by atoms with Crippen LogP contribution in [0.15, 0.2) is 12.7 Å². The van der Waals surface area contributed by atoms with Gasteiger partial charge in [0.15, 0.2) is 11.4 Å². The van der Waals surface area contributed by atoms with E-state index >= 15 is 0 Å². The second-order valence-electron chi connectivity index (χ2n) is 3.49. The molecule has 0 amide bonds. The Hall–Kier alpha value is -0.820. The molecule has 2 atom stereocenters. The average Bonchev–Trinajstić information content (AvgIpc) is 2.45. The first-order valence-electron chi connectivity index (χ1n) is 4.09. The van der Waals surface area contributed by atoms with Crippen LogP contribution in [0.2, 0.25) is 0 Å². The number of aliphatic hydroxyl groups is 1. The summed E-state index contributed by atoms with van der Waals surface area (Å²) in [4.78, 5) is 0. The maximum Gasteiger partial charge on any atom is 0.172 e. The highest BCUT2D eigenvalue weighted by molar-refractivity contribution is 5.21. The molecule has 0 aliphatic carbocycles. The van der Waals surface area contributed by atoms with Crippen molar-refractivity contribution in [1.29, 1.82) is 0 Å². The van der Waals surface area contributed by atoms with Crippen molar-refractivity contribution < 1.29 is 14.6 Å². The molecule has 1 aliphatic heterocycles. The van der Waals surface area contributed by atoms with Crippen molar-refractivity contribution >= 4 is 0 Å². The SMILES string of the molecule is C#C[C@](O)(C=C)[C@@H]1COC(C)(C)O1. The van der Waals surface area contributed by atoms with Crippen LogP contribution in [0, 0.1) is 12.3 Å². The Morgan fingerprint density at radius 1 is 1.77 bits per heavy atom. The van der Waals surface area contributed by atoms with Gasteiger partial charge in [0.1, 0.15) is 6.10 Å². The first kappa shape index (κ1) is 10.3. The van der Waals surface area contributed by atoms with E-state index in [2.05, 4.69) is 12.5 Å². The molecule has 0 aromatic carbocycles. The minimum absolute atomic E-state index is 0.277. The lowest BCUT2D eigenvalue weighted by atomic mass is 9.99. The zero-order chi connectivity index (χ0) is 10.1. The van der Waals surface area contributed by atoms with Gasteiger partial charge in [0.2, 0.25) is 0 Å². The van der Waals surface area contributed by atoms with Crippen molar-refractivity contribution in [2.24, 2.45) is 0 Å². The van der Waals surface area contributed by atoms with Crippen LogP contribution in [0.5, 0.6) is 0 Å². The lowest BCUT2D eigenvalue weighted by Gasteiger charge is -2.25. The van der Waals surface area contributed by atoms with Crippen molar-refractivity contribution in [3.8, 4) is 12.3 Å². The van der Waals surface area contributed by atoms with Crippen molar-refractivity contribution in [2.45, 2.75) is 31.3 Å². The van der Waals surface area contributed by atoms with Crippen LogP contribution in [0.25, 0.3) is 0 Å². The highest BCUT2D eigenvalue weighted by Gasteiger charge is 2.43. The Morgan fingerprint density at radius 2 is 2.38 bits per heavy atom. The van der Waals surface area contributed by atoms with Gasteiger partial charge in [0.25, 0.3) is 0 Å². The Balaban J connectivity index is 2.76. The summed E-state index contributed by atoms with van der Waals surface area (Å²) >= 11 is 0. The van der Waals surface area contributed by atoms with E-state index in [4.69, 9.17) is 15.9 Å². The molecule has 1 rings (SSSR count). The van der Waals surface area contributed by atoms with Crippen molar-refractivity contribution in [3.05, 3.63) is 12.7 Å². The van der Waals surface area contributed by atoms with Gasteiger partial charge in [-0.1, -0.05) is 12.5 Å². The smallest absolute Gasteiger partial charge is 0.172 e. The standard InChI is InChI=1S/C10H14O3/c1-5-10(11,6-2)8-7-12-9(3,4)13-8/h1,6,8,11H,2,7H2,3-4H3/t8-,10-/m0/s1. The monoisotopic (exact) mass is 182 g/mol. The molecule has 72 valence electrons. The van der Waals surface area contributed by atoms with Gasteiger partial charge in [-0.3, -0.25) is 0 Å². The minimum atomic E-state index is -1.44. The predicted octanol–water partition coefficient (Wildman–Crippen LogP) is 0.688. The maximum absolute atomic E-state index is 9.80. The molecule has 1 heterocycles. The van der Waals surface area contributed by atoms with Crippen molar-refractivity contribution in [1.82, 2.24) is 0 Å². The molecule has 1 saturated heterocycles. The van der Waals surface area contributed by atoms with Crippen LogP contribution in [0.1, 0.15) is 13.8 Å². The van der Waals surface area contributed by atoms with E-state index in [-0.39, 0.29) is 6.61 Å². The molecular weight excluding hydrogens is 168 g/mol. The van der Waals surface area contributed by atoms with Gasteiger partial charge in [-0.25, -0.2) is 0 Å². The molecule has 0 unspecified atom stereocenters. The first-order valence-corrected chi connectivity index (χ1v) is 4.09. The lowest BCUT2D eigenvalue weighted by Crippen LogP contribution is -2.41. The molecule has 3 heteroatoms. The van der Waals surface area contributed by atoms with Crippen LogP contribution >= 0.6 is 0 Å². The molecule has 0 bridgehead atoms. The number of hydrogen-bond acceptors (Lipinski definition) is 3. The normalized spacial score (nSPS) is 30.5. The Labute approximate surface area is 78.3 Å². The Morgan fingerprint density at radius 3 is 2.69 bits per heavy atom. The minimum Gasteiger partial charge on any atom is -0.371 e. The Kier molecular flexibility index (Phi) is 2.49. The largest absolute Gasteiger partial charge is 0.371 e. The molecule has 1 aliphatic rings. The fourth-order valence-corrected chi connectivity index (χ4v) is 1.19. The van der Waals surface area contributed by atoms with Crippen LogP contribution in [0.3, 0.4) is 0 Å². The van der Waals surface area contributed by atoms with Gasteiger partial charge in [0, 0.05) is 0 Å². The number of hydrogen-bond donors (Lipinski definition) is 1. The summed E-state index contributed by atoms with van der Waals surface area (Å²) in [7, 11) is 0. The summed E-state index contributed by atoms with van der Waals surface area (Å²) in [5, 5.41) is 9.80. The predicted molar refractivity (Wildman–Crippen MR) is 48.9 cm³/mol. The van der Waals surface area contributed by atoms with E-state index in [0.717, 1.165) is 0 Å². The molecular formula is C10H14O3. The van der Waals surface area contributed by atoms with Gasteiger partial charge >= 0.3 is 0 Å². The van der Waals surface area contributed by atoms with Crippen molar-refractivity contribution in [2.75, 3.05) is 6.61 Å². The topological polar surface area (TPSA) is 38.7 Å². The zero-order valence-electron chi connectivity index (χ0n) is 7.91. The van der Waals surface area contributed by atoms with Crippen LogP contribution < -0.4 is 0 Å². The van der Waals surface area contributed by atoms with Gasteiger partial charge < -0.3 is 14.6 Å². The molecule has 0 saturated carbocycles. The second kappa shape index (κ2) is 3.15. The summed E-state index contributed by atoms with van der Waals surface area (Å²) < 4.78 is 10.7. The third-order valence-corrected chi connectivity index (χ3v) is 2.04. The number of terminal acetylenes is 1. The summed E-state index contributed by atoms with van der Waals surface area (Å²) in [5.41, 5.74) is -1.44. The van der Waals surface area contributed by atoms with Gasteiger partial charge in [0.05, 0.1) is 6.61 Å². The van der Waals surface area contributed by atoms with E-state index in [1.165, 1.54) is 6.08 Å². The summed E-state index contributed by atoms with van der Waals surface area (Å²) in [6.45, 7) is 7.29. The highest BCUT2D eigenvalue weighted by atomic mass is 16.7. The van der Waals surface area contributed by atoms with Crippen LogP contribution in [-0.2, 0) is 9.47 Å². The number of rotatable bonds is 2. The van der Waals surface area contributed by atoms with Crippen LogP contribution in [0.4, 0.5) is 0 Å². The molecule has 13 heavy (non-hydrogen) atoms. The maximum atomic E-state index is 9.80. The van der Waals surface area contributed by atoms with Gasteiger partial charge in [-0.2, -0.15) is 0 Å². The van der Waals surface area contributed by atoms with E-state index in [9.17, 15) is 5.11 Å². The lowest BCUT2D eigenvalue weighted by molar-refractivity contribution is -0.154. The molecule has 0 aromatic heterocycles. The third kappa shape index (κ3) is 1.92. The third-order valence-electron chi connectivity index (χ3n) is 2.04. The summed E-state index contributed by atoms with van der Waals surface area (Å²) in [6, 6.07) is 0. The molecule has 1 fully saturated rings. The van der Waals surface area contributed by atoms with Gasteiger partial charge in [-0.15, -0.1) is 6.42 Å². The fourth-order valence-electron chi connectivity index (χ4n) is 1.19. The van der Waals surface area contributed by atoms with Crippen LogP contribution in [-0.4, -0.2) is 29.2 Å². The Bertz CT molecular complexity index is 251. The first-order chi connectivity index (χ1) is 5.93. The summed E-state index contributed by atoms with van der Waals surface area (Å²) in [5.74, 6) is 1.56. The van der Waals surface area contributed by atoms with E-state index in [1.54, 1.807) is 13.8 Å². The fraction of sp³-hybridized carbons (Fsp3) is 0.600. The molecule has 0 radical (unpaired) electrons. The molecule has 3 nitrogen and oxygen atoms in total.